The molecule has 4 rings (SSSR count). The Morgan fingerprint density at radius 2 is 1.50 bits per heavy atom. The van der Waals surface area contributed by atoms with Crippen molar-refractivity contribution in [2.45, 2.75) is 60.8 Å². The number of aliphatic hydroxyl groups excluding tert-OH is 1. The largest absolute Gasteiger partial charge is 0.491 e. The minimum absolute atomic E-state index is 0.201. The van der Waals surface area contributed by atoms with E-state index in [2.05, 4.69) is 52.8 Å². The number of aliphatic hydroxyl groups is 1. The van der Waals surface area contributed by atoms with Gasteiger partial charge in [0.15, 0.2) is 0 Å². The lowest BCUT2D eigenvalue weighted by Crippen LogP contribution is -2.25. The van der Waals surface area contributed by atoms with Gasteiger partial charge in [-0.2, -0.15) is 0 Å². The highest BCUT2D eigenvalue weighted by molar-refractivity contribution is 5.75. The Bertz CT molecular complexity index is 1300. The van der Waals surface area contributed by atoms with Gasteiger partial charge in [0, 0.05) is 0 Å². The van der Waals surface area contributed by atoms with Gasteiger partial charge in [-0.25, -0.2) is 4.98 Å². The average molecular weight is 459 g/mol. The topological polar surface area (TPSA) is 56.5 Å². The maximum absolute atomic E-state index is 10.9. The minimum atomic E-state index is -0.695. The zero-order valence-corrected chi connectivity index (χ0v) is 21.0. The first-order valence-electron chi connectivity index (χ1n) is 11.8. The van der Waals surface area contributed by atoms with Gasteiger partial charge in [0.05, 0.1) is 17.6 Å². The molecule has 1 heterocycles. The van der Waals surface area contributed by atoms with Crippen LogP contribution in [0.25, 0.3) is 11.0 Å². The molecule has 4 aromatic rings. The Morgan fingerprint density at radius 1 is 0.853 bits per heavy atom. The average Bonchev–Trinajstić information content (AvgIpc) is 3.11. The smallest absolute Gasteiger partial charge is 0.148 e. The summed E-state index contributed by atoms with van der Waals surface area (Å²) in [6.45, 7) is 13.3. The molecule has 0 saturated carbocycles. The van der Waals surface area contributed by atoms with E-state index in [0.717, 1.165) is 50.6 Å². The molecule has 0 amide bonds. The first-order valence-corrected chi connectivity index (χ1v) is 11.8. The number of rotatable bonds is 8. The summed E-state index contributed by atoms with van der Waals surface area (Å²) >= 11 is 0. The predicted molar refractivity (Wildman–Crippen MR) is 137 cm³/mol. The Hall–Kier alpha value is -3.31. The van der Waals surface area contributed by atoms with E-state index in [0.29, 0.717) is 13.2 Å². The number of fused-ring (bicyclic) bond motifs is 1. The van der Waals surface area contributed by atoms with E-state index in [1.807, 2.05) is 41.8 Å². The van der Waals surface area contributed by atoms with Gasteiger partial charge in [-0.15, -0.1) is 0 Å². The molecule has 1 aromatic heterocycles. The molecule has 0 spiro atoms. The summed E-state index contributed by atoms with van der Waals surface area (Å²) in [4.78, 5) is 4.80. The standard InChI is InChI=1S/C29H34N2O3/c1-18-12-21(4)29(22(5)13-18)34-17-28-30-25-9-7-8-10-26(25)31(28)15-24(32)16-33-27-14-19(2)11-20(3)23(27)6/h7-14,24,32H,15-17H2,1-6H3. The van der Waals surface area contributed by atoms with Crippen molar-refractivity contribution < 1.29 is 14.6 Å². The van der Waals surface area contributed by atoms with E-state index in [1.165, 1.54) is 11.1 Å². The monoisotopic (exact) mass is 458 g/mol. The second kappa shape index (κ2) is 9.90. The number of nitrogens with zero attached hydrogens (tertiary/aromatic N) is 2. The third-order valence-corrected chi connectivity index (χ3v) is 6.27. The summed E-state index contributed by atoms with van der Waals surface area (Å²) in [6.07, 6.45) is -0.695. The van der Waals surface area contributed by atoms with E-state index in [1.54, 1.807) is 0 Å². The molecule has 0 aliphatic rings. The molecule has 1 unspecified atom stereocenters. The first kappa shape index (κ1) is 23.8. The van der Waals surface area contributed by atoms with Gasteiger partial charge in [-0.05, 0) is 87.6 Å². The van der Waals surface area contributed by atoms with Gasteiger partial charge in [0.25, 0.3) is 0 Å². The molecule has 0 aliphatic carbocycles. The van der Waals surface area contributed by atoms with E-state index < -0.39 is 6.10 Å². The summed E-state index contributed by atoms with van der Waals surface area (Å²) < 4.78 is 14.3. The zero-order valence-electron chi connectivity index (χ0n) is 21.0. The van der Waals surface area contributed by atoms with Gasteiger partial charge >= 0.3 is 0 Å². The van der Waals surface area contributed by atoms with Gasteiger partial charge in [-0.3, -0.25) is 0 Å². The number of ether oxygens (including phenoxy) is 2. The van der Waals surface area contributed by atoms with Crippen LogP contribution in [0.3, 0.4) is 0 Å². The highest BCUT2D eigenvalue weighted by atomic mass is 16.5. The van der Waals surface area contributed by atoms with Crippen molar-refractivity contribution in [2.75, 3.05) is 6.61 Å². The third-order valence-electron chi connectivity index (χ3n) is 6.27. The number of para-hydroxylation sites is 2. The van der Waals surface area contributed by atoms with E-state index in [-0.39, 0.29) is 6.61 Å². The molecule has 1 N–H and O–H groups in total. The fourth-order valence-corrected chi connectivity index (χ4v) is 4.57. The molecule has 5 heteroatoms. The van der Waals surface area contributed by atoms with Crippen molar-refractivity contribution in [3.8, 4) is 11.5 Å². The van der Waals surface area contributed by atoms with Crippen LogP contribution in [0.2, 0.25) is 0 Å². The molecule has 3 aromatic carbocycles. The number of benzene rings is 3. The van der Waals surface area contributed by atoms with Crippen molar-refractivity contribution in [3.63, 3.8) is 0 Å². The molecule has 1 atom stereocenters. The van der Waals surface area contributed by atoms with Crippen molar-refractivity contribution in [3.05, 3.63) is 87.7 Å². The Balaban J connectivity index is 1.53. The molecule has 0 aliphatic heterocycles. The van der Waals surface area contributed by atoms with Crippen LogP contribution in [0.5, 0.6) is 11.5 Å². The van der Waals surface area contributed by atoms with Gasteiger partial charge in [0.1, 0.15) is 36.6 Å². The van der Waals surface area contributed by atoms with Crippen LogP contribution < -0.4 is 9.47 Å². The molecule has 0 radical (unpaired) electrons. The molecule has 0 saturated heterocycles. The molecule has 0 fully saturated rings. The Morgan fingerprint density at radius 3 is 2.24 bits per heavy atom. The number of imidazole rings is 1. The summed E-state index contributed by atoms with van der Waals surface area (Å²) in [5.74, 6) is 2.49. The maximum atomic E-state index is 10.9. The van der Waals surface area contributed by atoms with Crippen LogP contribution >= 0.6 is 0 Å². The first-order chi connectivity index (χ1) is 16.2. The summed E-state index contributed by atoms with van der Waals surface area (Å²) in [7, 11) is 0. The lowest BCUT2D eigenvalue weighted by molar-refractivity contribution is 0.0913. The molecular weight excluding hydrogens is 424 g/mol. The maximum Gasteiger partial charge on any atom is 0.148 e. The lowest BCUT2D eigenvalue weighted by atomic mass is 10.1. The van der Waals surface area contributed by atoms with E-state index >= 15 is 0 Å². The van der Waals surface area contributed by atoms with Crippen LogP contribution in [-0.2, 0) is 13.2 Å². The molecule has 34 heavy (non-hydrogen) atoms. The highest BCUT2D eigenvalue weighted by Gasteiger charge is 2.17. The van der Waals surface area contributed by atoms with E-state index in [4.69, 9.17) is 14.5 Å². The number of aryl methyl sites for hydroxylation is 5. The van der Waals surface area contributed by atoms with Crippen molar-refractivity contribution in [1.82, 2.24) is 9.55 Å². The Kier molecular flexibility index (Phi) is 6.94. The lowest BCUT2D eigenvalue weighted by Gasteiger charge is -2.18. The normalized spacial score (nSPS) is 12.2. The van der Waals surface area contributed by atoms with Gasteiger partial charge in [0.2, 0.25) is 0 Å². The molecule has 178 valence electrons. The summed E-state index contributed by atoms with van der Waals surface area (Å²) in [6, 6.07) is 16.4. The Labute approximate surface area is 202 Å². The van der Waals surface area contributed by atoms with Crippen LogP contribution in [-0.4, -0.2) is 27.4 Å². The second-order valence-corrected chi connectivity index (χ2v) is 9.31. The van der Waals surface area contributed by atoms with Gasteiger partial charge < -0.3 is 19.1 Å². The predicted octanol–water partition coefficient (Wildman–Crippen LogP) is 5.91. The molecular formula is C29H34N2O3. The summed E-state index contributed by atoms with van der Waals surface area (Å²) in [5.41, 5.74) is 8.73. The third kappa shape index (κ3) is 5.10. The van der Waals surface area contributed by atoms with Crippen molar-refractivity contribution in [2.24, 2.45) is 0 Å². The van der Waals surface area contributed by atoms with Crippen LogP contribution in [0, 0.1) is 41.5 Å². The van der Waals surface area contributed by atoms with E-state index in [9.17, 15) is 5.11 Å². The van der Waals surface area contributed by atoms with Crippen molar-refractivity contribution >= 4 is 11.0 Å². The van der Waals surface area contributed by atoms with Crippen LogP contribution in [0.1, 0.15) is 39.2 Å². The SMILES string of the molecule is Cc1cc(C)c(OCc2nc3ccccc3n2CC(O)COc2cc(C)cc(C)c2C)c(C)c1. The van der Waals surface area contributed by atoms with Crippen LogP contribution in [0.4, 0.5) is 0 Å². The quantitative estimate of drug-likeness (QED) is 0.357. The summed E-state index contributed by atoms with van der Waals surface area (Å²) in [5, 5.41) is 10.9. The highest BCUT2D eigenvalue weighted by Crippen LogP contribution is 2.27. The van der Waals surface area contributed by atoms with Gasteiger partial charge in [-0.1, -0.05) is 35.9 Å². The number of hydrogen-bond donors (Lipinski definition) is 1. The van der Waals surface area contributed by atoms with Crippen LogP contribution in [0.15, 0.2) is 48.5 Å². The molecule has 0 bridgehead atoms. The van der Waals surface area contributed by atoms with Crippen molar-refractivity contribution in [1.29, 1.82) is 0 Å². The fraction of sp³-hybridized carbons (Fsp3) is 0.345. The second-order valence-electron chi connectivity index (χ2n) is 9.31. The number of aromatic nitrogens is 2. The zero-order chi connectivity index (χ0) is 24.4. The fourth-order valence-electron chi connectivity index (χ4n) is 4.57. The number of hydrogen-bond acceptors (Lipinski definition) is 4. The molecule has 5 nitrogen and oxygen atoms in total. The minimum Gasteiger partial charge on any atom is -0.491 e.